The van der Waals surface area contributed by atoms with Gasteiger partial charge in [0.1, 0.15) is 0 Å². The first-order chi connectivity index (χ1) is 13.8. The Kier molecular flexibility index (Phi) is 6.62. The average molecular weight is 449 g/mol. The fourth-order valence-corrected chi connectivity index (χ4v) is 5.07. The zero-order valence-corrected chi connectivity index (χ0v) is 18.4. The minimum absolute atomic E-state index is 0.00259. The molecule has 152 valence electrons. The smallest absolute Gasteiger partial charge is 0.264 e. The van der Waals surface area contributed by atoms with Crippen LogP contribution in [0.5, 0.6) is 0 Å². The molecule has 0 saturated carbocycles. The number of carbonyl (C=O) groups is 1. The van der Waals surface area contributed by atoms with Crippen molar-refractivity contribution in [3.8, 4) is 0 Å². The van der Waals surface area contributed by atoms with Crippen molar-refractivity contribution >= 4 is 44.6 Å². The summed E-state index contributed by atoms with van der Waals surface area (Å²) in [7, 11) is -2.36. The lowest BCUT2D eigenvalue weighted by Crippen LogP contribution is -2.27. The predicted octanol–water partition coefficient (Wildman–Crippen LogP) is 4.72. The molecule has 2 aromatic carbocycles. The molecule has 1 heterocycles. The Hall–Kier alpha value is -2.35. The number of halogens is 1. The van der Waals surface area contributed by atoms with Gasteiger partial charge in [-0.2, -0.15) is 0 Å². The van der Waals surface area contributed by atoms with Crippen molar-refractivity contribution in [1.82, 2.24) is 5.32 Å². The molecule has 0 aliphatic rings. The van der Waals surface area contributed by atoms with E-state index in [0.717, 1.165) is 11.3 Å². The van der Waals surface area contributed by atoms with E-state index in [0.29, 0.717) is 12.2 Å². The molecule has 1 amide bonds. The van der Waals surface area contributed by atoms with Crippen molar-refractivity contribution in [3.05, 3.63) is 81.0 Å². The number of aryl methyl sites for hydroxylation is 1. The first-order valence-corrected chi connectivity index (χ1v) is 11.7. The lowest BCUT2D eigenvalue weighted by Gasteiger charge is -2.20. The summed E-state index contributed by atoms with van der Waals surface area (Å²) >= 11 is 7.81. The third-order valence-corrected chi connectivity index (χ3v) is 7.79. The summed E-state index contributed by atoms with van der Waals surface area (Å²) in [5.41, 5.74) is 0.652. The zero-order valence-electron chi connectivity index (χ0n) is 16.1. The minimum atomic E-state index is -3.84. The highest BCUT2D eigenvalue weighted by atomic mass is 35.5. The first kappa shape index (κ1) is 21.4. The quantitative estimate of drug-likeness (QED) is 0.568. The van der Waals surface area contributed by atoms with Gasteiger partial charge in [0.2, 0.25) is 0 Å². The average Bonchev–Trinajstić information content (AvgIpc) is 3.20. The van der Waals surface area contributed by atoms with Gasteiger partial charge in [-0.15, -0.1) is 11.3 Å². The normalized spacial score (nSPS) is 11.3. The number of benzene rings is 2. The molecule has 5 nitrogen and oxygen atoms in total. The highest BCUT2D eigenvalue weighted by Gasteiger charge is 2.23. The fraction of sp³-hybridized carbons (Fsp3) is 0.190. The van der Waals surface area contributed by atoms with Crippen molar-refractivity contribution in [3.63, 3.8) is 0 Å². The largest absolute Gasteiger partial charge is 0.347 e. The molecule has 3 aromatic rings. The van der Waals surface area contributed by atoms with E-state index in [2.05, 4.69) is 12.2 Å². The van der Waals surface area contributed by atoms with Gasteiger partial charge >= 0.3 is 0 Å². The van der Waals surface area contributed by atoms with Crippen LogP contribution in [0.25, 0.3) is 0 Å². The second-order valence-electron chi connectivity index (χ2n) is 6.35. The molecule has 0 fully saturated rings. The number of anilines is 1. The van der Waals surface area contributed by atoms with E-state index < -0.39 is 15.9 Å². The van der Waals surface area contributed by atoms with E-state index in [1.165, 1.54) is 34.4 Å². The molecule has 0 spiro atoms. The monoisotopic (exact) mass is 448 g/mol. The molecule has 0 radical (unpaired) electrons. The second kappa shape index (κ2) is 8.98. The number of para-hydroxylation sites is 1. The van der Waals surface area contributed by atoms with E-state index in [1.807, 2.05) is 18.2 Å². The molecule has 0 saturated heterocycles. The van der Waals surface area contributed by atoms with Crippen LogP contribution in [0.15, 0.2) is 65.6 Å². The molecule has 0 unspecified atom stereocenters. The number of nitrogens with zero attached hydrogens (tertiary/aromatic N) is 1. The van der Waals surface area contributed by atoms with Crippen LogP contribution >= 0.6 is 22.9 Å². The number of nitrogens with one attached hydrogen (secondary N) is 1. The molecule has 0 aliphatic heterocycles. The van der Waals surface area contributed by atoms with Gasteiger partial charge in [-0.3, -0.25) is 9.10 Å². The van der Waals surface area contributed by atoms with Crippen LogP contribution in [0, 0.1) is 0 Å². The van der Waals surface area contributed by atoms with E-state index in [-0.39, 0.29) is 15.5 Å². The van der Waals surface area contributed by atoms with Crippen LogP contribution in [0.1, 0.15) is 27.0 Å². The summed E-state index contributed by atoms with van der Waals surface area (Å²) in [6, 6.07) is 16.9. The van der Waals surface area contributed by atoms with E-state index >= 15 is 0 Å². The minimum Gasteiger partial charge on any atom is -0.347 e. The van der Waals surface area contributed by atoms with Gasteiger partial charge in [0.15, 0.2) is 0 Å². The Balaban J connectivity index is 1.82. The number of hydrogen-bond acceptors (Lipinski definition) is 4. The molecule has 0 bridgehead atoms. The van der Waals surface area contributed by atoms with Crippen molar-refractivity contribution in [1.29, 1.82) is 0 Å². The third kappa shape index (κ3) is 4.80. The van der Waals surface area contributed by atoms with Gasteiger partial charge in [0.25, 0.3) is 15.9 Å². The van der Waals surface area contributed by atoms with E-state index in [4.69, 9.17) is 11.6 Å². The highest BCUT2D eigenvalue weighted by molar-refractivity contribution is 7.92. The molecule has 0 atom stereocenters. The van der Waals surface area contributed by atoms with Gasteiger partial charge in [0.05, 0.1) is 27.7 Å². The van der Waals surface area contributed by atoms with Gasteiger partial charge in [-0.05, 0) is 48.9 Å². The molecule has 8 heteroatoms. The van der Waals surface area contributed by atoms with Crippen LogP contribution in [-0.4, -0.2) is 21.4 Å². The molecule has 1 N–H and O–H groups in total. The maximum atomic E-state index is 13.0. The Morgan fingerprint density at radius 2 is 1.76 bits per heavy atom. The molecular formula is C21H21ClN2O3S2. The predicted molar refractivity (Wildman–Crippen MR) is 118 cm³/mol. The van der Waals surface area contributed by atoms with Gasteiger partial charge in [-0.25, -0.2) is 8.42 Å². The van der Waals surface area contributed by atoms with Gasteiger partial charge in [0, 0.05) is 16.8 Å². The molecule has 0 aliphatic carbocycles. The van der Waals surface area contributed by atoms with Crippen molar-refractivity contribution in [2.24, 2.45) is 0 Å². The Labute approximate surface area is 180 Å². The van der Waals surface area contributed by atoms with Crippen molar-refractivity contribution < 1.29 is 13.2 Å². The summed E-state index contributed by atoms with van der Waals surface area (Å²) in [6.45, 7) is 2.44. The Morgan fingerprint density at radius 1 is 1.07 bits per heavy atom. The number of rotatable bonds is 7. The zero-order chi connectivity index (χ0) is 21.0. The maximum absolute atomic E-state index is 13.0. The fourth-order valence-electron chi connectivity index (χ4n) is 2.74. The standard InChI is InChI=1S/C21H21ClN2O3S2/c1-3-16-9-10-17(28-16)14-23-21(25)19-13-18(11-12-20(19)22)29(26,27)24(2)15-7-5-4-6-8-15/h4-13H,3,14H2,1-2H3,(H,23,25). The summed E-state index contributed by atoms with van der Waals surface area (Å²) in [6.07, 6.45) is 0.944. The Morgan fingerprint density at radius 3 is 2.41 bits per heavy atom. The lowest BCUT2D eigenvalue weighted by atomic mass is 10.2. The third-order valence-electron chi connectivity index (χ3n) is 4.45. The molecule has 3 rings (SSSR count). The molecular weight excluding hydrogens is 428 g/mol. The van der Waals surface area contributed by atoms with Crippen LogP contribution in [0.4, 0.5) is 5.69 Å². The summed E-state index contributed by atoms with van der Waals surface area (Å²) in [5, 5.41) is 3.01. The summed E-state index contributed by atoms with van der Waals surface area (Å²) in [5.74, 6) is -0.416. The van der Waals surface area contributed by atoms with Crippen LogP contribution in [0.2, 0.25) is 5.02 Å². The van der Waals surface area contributed by atoms with Gasteiger partial charge in [-0.1, -0.05) is 36.7 Å². The molecule has 1 aromatic heterocycles. The lowest BCUT2D eigenvalue weighted by molar-refractivity contribution is 0.0951. The SMILES string of the molecule is CCc1ccc(CNC(=O)c2cc(S(=O)(=O)N(C)c3ccccc3)ccc2Cl)s1. The number of thiophene rings is 1. The van der Waals surface area contributed by atoms with E-state index in [1.54, 1.807) is 35.6 Å². The Bertz CT molecular complexity index is 1110. The van der Waals surface area contributed by atoms with Crippen molar-refractivity contribution in [2.45, 2.75) is 24.8 Å². The molecule has 29 heavy (non-hydrogen) atoms. The van der Waals surface area contributed by atoms with Crippen LogP contribution in [-0.2, 0) is 23.0 Å². The highest BCUT2D eigenvalue weighted by Crippen LogP contribution is 2.26. The maximum Gasteiger partial charge on any atom is 0.264 e. The van der Waals surface area contributed by atoms with Crippen LogP contribution in [0.3, 0.4) is 0 Å². The topological polar surface area (TPSA) is 66.5 Å². The van der Waals surface area contributed by atoms with Crippen molar-refractivity contribution in [2.75, 3.05) is 11.4 Å². The summed E-state index contributed by atoms with van der Waals surface area (Å²) in [4.78, 5) is 14.9. The summed E-state index contributed by atoms with van der Waals surface area (Å²) < 4.78 is 27.1. The number of sulfonamides is 1. The van der Waals surface area contributed by atoms with Crippen LogP contribution < -0.4 is 9.62 Å². The number of carbonyl (C=O) groups excluding carboxylic acids is 1. The van der Waals surface area contributed by atoms with E-state index in [9.17, 15) is 13.2 Å². The number of amides is 1. The first-order valence-electron chi connectivity index (χ1n) is 9.02. The number of hydrogen-bond donors (Lipinski definition) is 1. The van der Waals surface area contributed by atoms with Gasteiger partial charge < -0.3 is 5.32 Å². The second-order valence-corrected chi connectivity index (χ2v) is 9.98.